The molecule has 0 spiro atoms. The largest absolute Gasteiger partial charge is 0.383 e. The van der Waals surface area contributed by atoms with Gasteiger partial charge in [-0.15, -0.1) is 0 Å². The van der Waals surface area contributed by atoms with E-state index in [1.165, 1.54) is 18.2 Å². The number of methoxy groups -OCH3 is 1. The minimum atomic E-state index is -0.875. The molecule has 1 aliphatic rings. The van der Waals surface area contributed by atoms with Crippen molar-refractivity contribution in [2.45, 2.75) is 37.6 Å². The standard InChI is InChI=1S/C17H22N4O4/c1-25-10-9-19-14-6-5-13(11-15(14)21(23)24)16(22)20-17(12-18)7-3-2-4-8-17/h5-6,11,19H,2-4,7-10H2,1H3,(H,20,22). The second-order valence-electron chi connectivity index (χ2n) is 6.12. The van der Waals surface area contributed by atoms with Crippen LogP contribution in [-0.2, 0) is 4.74 Å². The summed E-state index contributed by atoms with van der Waals surface area (Å²) in [5, 5.41) is 26.4. The van der Waals surface area contributed by atoms with Crippen LogP contribution in [0.15, 0.2) is 18.2 Å². The summed E-state index contributed by atoms with van der Waals surface area (Å²) >= 11 is 0. The highest BCUT2D eigenvalue weighted by molar-refractivity contribution is 5.96. The third-order valence-corrected chi connectivity index (χ3v) is 4.35. The topological polar surface area (TPSA) is 117 Å². The van der Waals surface area contributed by atoms with E-state index in [2.05, 4.69) is 16.7 Å². The molecule has 0 radical (unpaired) electrons. The number of carbonyl (C=O) groups excluding carboxylic acids is 1. The number of hydrogen-bond donors (Lipinski definition) is 2. The van der Waals surface area contributed by atoms with E-state index in [4.69, 9.17) is 4.74 Å². The van der Waals surface area contributed by atoms with Crippen LogP contribution in [0.4, 0.5) is 11.4 Å². The van der Waals surface area contributed by atoms with Gasteiger partial charge >= 0.3 is 0 Å². The van der Waals surface area contributed by atoms with Gasteiger partial charge in [0.15, 0.2) is 0 Å². The van der Waals surface area contributed by atoms with E-state index in [1.54, 1.807) is 7.11 Å². The van der Waals surface area contributed by atoms with Crippen LogP contribution in [0.3, 0.4) is 0 Å². The number of nitro groups is 1. The summed E-state index contributed by atoms with van der Waals surface area (Å²) in [6.07, 6.45) is 4.03. The van der Waals surface area contributed by atoms with Crippen LogP contribution in [0.1, 0.15) is 42.5 Å². The van der Waals surface area contributed by atoms with Gasteiger partial charge in [-0.25, -0.2) is 0 Å². The highest BCUT2D eigenvalue weighted by atomic mass is 16.6. The lowest BCUT2D eigenvalue weighted by molar-refractivity contribution is -0.384. The Hall–Kier alpha value is -2.66. The first-order valence-corrected chi connectivity index (χ1v) is 8.26. The maximum absolute atomic E-state index is 12.5. The maximum Gasteiger partial charge on any atom is 0.293 e. The van der Waals surface area contributed by atoms with E-state index < -0.39 is 16.4 Å². The van der Waals surface area contributed by atoms with Crippen molar-refractivity contribution < 1.29 is 14.5 Å². The molecule has 8 nitrogen and oxygen atoms in total. The molecule has 1 saturated carbocycles. The molecule has 1 fully saturated rings. The minimum absolute atomic E-state index is 0.171. The van der Waals surface area contributed by atoms with Crippen LogP contribution in [-0.4, -0.2) is 36.6 Å². The van der Waals surface area contributed by atoms with Crippen molar-refractivity contribution in [3.05, 3.63) is 33.9 Å². The molecule has 0 aromatic heterocycles. The number of carbonyl (C=O) groups is 1. The van der Waals surface area contributed by atoms with Crippen LogP contribution in [0.2, 0.25) is 0 Å². The SMILES string of the molecule is COCCNc1ccc(C(=O)NC2(C#N)CCCCC2)cc1[N+](=O)[O-]. The van der Waals surface area contributed by atoms with Gasteiger partial charge in [0.25, 0.3) is 11.6 Å². The van der Waals surface area contributed by atoms with Crippen molar-refractivity contribution >= 4 is 17.3 Å². The molecule has 0 aliphatic heterocycles. The summed E-state index contributed by atoms with van der Waals surface area (Å²) in [7, 11) is 1.54. The number of nitrogens with zero attached hydrogens (tertiary/aromatic N) is 2. The number of benzene rings is 1. The lowest BCUT2D eigenvalue weighted by atomic mass is 9.82. The molecular weight excluding hydrogens is 324 g/mol. The average molecular weight is 346 g/mol. The molecule has 8 heteroatoms. The first kappa shape index (κ1) is 18.7. The molecule has 0 bridgehead atoms. The predicted molar refractivity (Wildman–Crippen MR) is 92.4 cm³/mol. The summed E-state index contributed by atoms with van der Waals surface area (Å²) in [6.45, 7) is 0.824. The second-order valence-corrected chi connectivity index (χ2v) is 6.12. The number of nitrogens with one attached hydrogen (secondary N) is 2. The predicted octanol–water partition coefficient (Wildman–Crippen LogP) is 2.61. The van der Waals surface area contributed by atoms with E-state index in [1.807, 2.05) is 0 Å². The summed E-state index contributed by atoms with van der Waals surface area (Å²) in [5.74, 6) is -0.463. The number of ether oxygens (including phenoxy) is 1. The molecule has 1 amide bonds. The molecule has 1 aromatic rings. The Morgan fingerprint density at radius 1 is 1.40 bits per heavy atom. The van der Waals surface area contributed by atoms with E-state index >= 15 is 0 Å². The van der Waals surface area contributed by atoms with Crippen molar-refractivity contribution in [1.29, 1.82) is 5.26 Å². The third kappa shape index (κ3) is 4.67. The van der Waals surface area contributed by atoms with Crippen molar-refractivity contribution in [3.63, 3.8) is 0 Å². The fraction of sp³-hybridized carbons (Fsp3) is 0.529. The van der Waals surface area contributed by atoms with E-state index in [0.29, 0.717) is 31.7 Å². The zero-order valence-electron chi connectivity index (χ0n) is 14.2. The molecule has 0 heterocycles. The Morgan fingerprint density at radius 3 is 2.72 bits per heavy atom. The summed E-state index contributed by atoms with van der Waals surface area (Å²) < 4.78 is 4.91. The number of amides is 1. The van der Waals surface area contributed by atoms with Crippen molar-refractivity contribution in [3.8, 4) is 6.07 Å². The quantitative estimate of drug-likeness (QED) is 0.445. The minimum Gasteiger partial charge on any atom is -0.383 e. The van der Waals surface area contributed by atoms with Crippen LogP contribution in [0.25, 0.3) is 0 Å². The maximum atomic E-state index is 12.5. The van der Waals surface area contributed by atoms with Crippen molar-refractivity contribution in [2.75, 3.05) is 25.6 Å². The van der Waals surface area contributed by atoms with E-state index in [0.717, 1.165) is 19.3 Å². The van der Waals surface area contributed by atoms with Crippen molar-refractivity contribution in [1.82, 2.24) is 5.32 Å². The first-order chi connectivity index (χ1) is 12.0. The molecule has 0 unspecified atom stereocenters. The highest BCUT2D eigenvalue weighted by Gasteiger charge is 2.34. The summed E-state index contributed by atoms with van der Waals surface area (Å²) in [4.78, 5) is 23.3. The Kier molecular flexibility index (Phi) is 6.31. The van der Waals surface area contributed by atoms with E-state index in [9.17, 15) is 20.2 Å². The molecule has 2 rings (SSSR count). The summed E-state index contributed by atoms with van der Waals surface area (Å²) in [6, 6.07) is 6.47. The fourth-order valence-corrected chi connectivity index (χ4v) is 2.97. The molecule has 1 aliphatic carbocycles. The van der Waals surface area contributed by atoms with Gasteiger partial charge in [-0.1, -0.05) is 19.3 Å². The van der Waals surface area contributed by atoms with Gasteiger partial charge in [0.1, 0.15) is 11.2 Å². The molecule has 134 valence electrons. The number of hydrogen-bond acceptors (Lipinski definition) is 6. The smallest absolute Gasteiger partial charge is 0.293 e. The number of nitro benzene ring substituents is 1. The van der Waals surface area contributed by atoms with Crippen LogP contribution in [0.5, 0.6) is 0 Å². The second kappa shape index (κ2) is 8.44. The molecule has 2 N–H and O–H groups in total. The molecule has 1 aromatic carbocycles. The van der Waals surface area contributed by atoms with Gasteiger partial charge in [-0.2, -0.15) is 5.26 Å². The molecule has 0 atom stereocenters. The van der Waals surface area contributed by atoms with Gasteiger partial charge in [-0.3, -0.25) is 14.9 Å². The van der Waals surface area contributed by atoms with Gasteiger partial charge < -0.3 is 15.4 Å². The first-order valence-electron chi connectivity index (χ1n) is 8.26. The van der Waals surface area contributed by atoms with Crippen LogP contribution >= 0.6 is 0 Å². The Labute approximate surface area is 146 Å². The van der Waals surface area contributed by atoms with E-state index in [-0.39, 0.29) is 11.3 Å². The van der Waals surface area contributed by atoms with Gasteiger partial charge in [0, 0.05) is 25.3 Å². The molecule has 0 saturated heterocycles. The summed E-state index contributed by atoms with van der Waals surface area (Å²) in [5.41, 5.74) is -0.562. The zero-order valence-corrected chi connectivity index (χ0v) is 14.2. The van der Waals surface area contributed by atoms with Gasteiger partial charge in [0.2, 0.25) is 0 Å². The monoisotopic (exact) mass is 346 g/mol. The lowest BCUT2D eigenvalue weighted by Crippen LogP contribution is -2.48. The Bertz CT molecular complexity index is 678. The number of rotatable bonds is 7. The normalized spacial score (nSPS) is 15.8. The fourth-order valence-electron chi connectivity index (χ4n) is 2.97. The lowest BCUT2D eigenvalue weighted by Gasteiger charge is -2.31. The van der Waals surface area contributed by atoms with Gasteiger partial charge in [0.05, 0.1) is 17.6 Å². The third-order valence-electron chi connectivity index (χ3n) is 4.35. The van der Waals surface area contributed by atoms with Crippen LogP contribution in [0, 0.1) is 21.4 Å². The van der Waals surface area contributed by atoms with Gasteiger partial charge in [-0.05, 0) is 25.0 Å². The molecular formula is C17H22N4O4. The number of nitriles is 1. The van der Waals surface area contributed by atoms with Crippen molar-refractivity contribution in [2.24, 2.45) is 0 Å². The average Bonchev–Trinajstić information content (AvgIpc) is 2.62. The Balaban J connectivity index is 2.18. The Morgan fingerprint density at radius 2 is 2.12 bits per heavy atom. The number of anilines is 1. The zero-order chi connectivity index (χ0) is 18.3. The van der Waals surface area contributed by atoms with Crippen LogP contribution < -0.4 is 10.6 Å². The molecule has 25 heavy (non-hydrogen) atoms. The highest BCUT2D eigenvalue weighted by Crippen LogP contribution is 2.29.